The van der Waals surface area contributed by atoms with Crippen LogP contribution in [0.15, 0.2) is 54.6 Å². The molecule has 0 unspecified atom stereocenters. The first kappa shape index (κ1) is 32.3. The van der Waals surface area contributed by atoms with Gasteiger partial charge in [-0.25, -0.2) is 0 Å². The van der Waals surface area contributed by atoms with Gasteiger partial charge in [0.25, 0.3) is 0 Å². The van der Waals surface area contributed by atoms with Crippen LogP contribution in [0.4, 0.5) is 0 Å². The highest BCUT2D eigenvalue weighted by atomic mass is 16.5. The number of benzene rings is 3. The van der Waals surface area contributed by atoms with Crippen molar-refractivity contribution in [1.82, 2.24) is 0 Å². The van der Waals surface area contributed by atoms with E-state index in [1.165, 1.54) is 12.1 Å². The molecule has 3 aromatic carbocycles. The van der Waals surface area contributed by atoms with Crippen molar-refractivity contribution in [1.29, 1.82) is 0 Å². The number of phenols is 2. The first-order valence-corrected chi connectivity index (χ1v) is 14.2. The Bertz CT molecular complexity index is 1320. The maximum Gasteiger partial charge on any atom is 0.303 e. The number of carboxylic acid groups (broad SMARTS) is 2. The van der Waals surface area contributed by atoms with Crippen LogP contribution in [0.25, 0.3) is 11.1 Å². The summed E-state index contributed by atoms with van der Waals surface area (Å²) in [7, 11) is 1.63. The summed E-state index contributed by atoms with van der Waals surface area (Å²) in [5, 5.41) is 37.6. The van der Waals surface area contributed by atoms with E-state index in [2.05, 4.69) is 0 Å². The van der Waals surface area contributed by atoms with E-state index in [-0.39, 0.29) is 30.9 Å². The topological polar surface area (TPSA) is 143 Å². The van der Waals surface area contributed by atoms with Crippen LogP contribution >= 0.6 is 0 Å². The number of carbonyl (C=O) groups is 2. The van der Waals surface area contributed by atoms with Gasteiger partial charge in [0, 0.05) is 20.0 Å². The molecule has 9 heteroatoms. The van der Waals surface area contributed by atoms with Crippen molar-refractivity contribution < 1.29 is 44.2 Å². The zero-order valence-corrected chi connectivity index (χ0v) is 24.0. The smallest absolute Gasteiger partial charge is 0.303 e. The summed E-state index contributed by atoms with van der Waals surface area (Å²) >= 11 is 0. The number of aromatic hydroxyl groups is 2. The summed E-state index contributed by atoms with van der Waals surface area (Å²) in [4.78, 5) is 22.0. The van der Waals surface area contributed by atoms with Crippen LogP contribution in [0, 0.1) is 0 Å². The van der Waals surface area contributed by atoms with E-state index in [1.54, 1.807) is 13.2 Å². The Morgan fingerprint density at radius 2 is 1.48 bits per heavy atom. The zero-order chi connectivity index (χ0) is 30.3. The van der Waals surface area contributed by atoms with Gasteiger partial charge in [0.1, 0.15) is 11.5 Å². The minimum atomic E-state index is -0.872. The number of unbranched alkanes of at least 4 members (excludes halogenated alkanes) is 3. The molecular weight excluding hydrogens is 540 g/mol. The molecule has 0 bridgehead atoms. The highest BCUT2D eigenvalue weighted by Gasteiger charge is 2.12. The molecule has 4 N–H and O–H groups in total. The molecule has 42 heavy (non-hydrogen) atoms. The number of ether oxygens (including phenoxy) is 3. The Labute approximate surface area is 246 Å². The molecule has 0 atom stereocenters. The average molecular weight is 581 g/mol. The van der Waals surface area contributed by atoms with Crippen LogP contribution < -0.4 is 9.47 Å². The van der Waals surface area contributed by atoms with Crippen molar-refractivity contribution in [3.63, 3.8) is 0 Å². The predicted molar refractivity (Wildman–Crippen MR) is 158 cm³/mol. The van der Waals surface area contributed by atoms with E-state index in [0.717, 1.165) is 59.9 Å². The average Bonchev–Trinajstić information content (AvgIpc) is 2.95. The van der Waals surface area contributed by atoms with E-state index >= 15 is 0 Å². The summed E-state index contributed by atoms with van der Waals surface area (Å²) in [5.74, 6) is -0.767. The summed E-state index contributed by atoms with van der Waals surface area (Å²) in [6.45, 7) is 1.22. The second kappa shape index (κ2) is 16.9. The summed E-state index contributed by atoms with van der Waals surface area (Å²) in [6.07, 6.45) is 5.31. The fourth-order valence-corrected chi connectivity index (χ4v) is 4.73. The number of hydrogen-bond donors (Lipinski definition) is 4. The Balaban J connectivity index is 1.51. The third-order valence-electron chi connectivity index (χ3n) is 6.81. The number of methoxy groups -OCH3 is 1. The minimum absolute atomic E-state index is 0.00103. The quantitative estimate of drug-likeness (QED) is 0.0941. The normalized spacial score (nSPS) is 10.9. The van der Waals surface area contributed by atoms with Gasteiger partial charge >= 0.3 is 11.9 Å². The Morgan fingerprint density at radius 1 is 0.714 bits per heavy atom. The van der Waals surface area contributed by atoms with Gasteiger partial charge in [-0.3, -0.25) is 9.59 Å². The lowest BCUT2D eigenvalue weighted by molar-refractivity contribution is -0.138. The number of aliphatic carboxylic acids is 2. The van der Waals surface area contributed by atoms with Crippen LogP contribution in [0.5, 0.6) is 23.0 Å². The summed E-state index contributed by atoms with van der Waals surface area (Å²) in [6, 6.07) is 16.2. The number of carboxylic acids is 2. The van der Waals surface area contributed by atoms with Crippen LogP contribution in [-0.4, -0.2) is 52.7 Å². The van der Waals surface area contributed by atoms with Gasteiger partial charge in [-0.05, 0) is 96.3 Å². The molecule has 0 aromatic heterocycles. The molecule has 3 rings (SSSR count). The first-order valence-electron chi connectivity index (χ1n) is 14.2. The number of rotatable bonds is 19. The molecule has 0 saturated carbocycles. The Hall–Kier alpha value is -4.24. The molecule has 9 nitrogen and oxygen atoms in total. The van der Waals surface area contributed by atoms with Crippen molar-refractivity contribution in [2.24, 2.45) is 0 Å². The maximum atomic E-state index is 11.2. The molecular formula is C33H40O9. The standard InChI is InChI=1S/C33H40O9/c1-40-22-23-18-26(25-12-14-29(34)30(35)21-25)20-27(19-23)41-16-5-3-2-4-8-24-9-6-10-31(28(24)13-15-33(38)39)42-17-7-11-32(36)37/h6,9-10,12,14,18-21,34-35H,2-5,7-8,11,13,15-17,22H2,1H3,(H,36,37)(H,38,39). The molecule has 0 amide bonds. The van der Waals surface area contributed by atoms with E-state index in [0.29, 0.717) is 37.6 Å². The fourth-order valence-electron chi connectivity index (χ4n) is 4.73. The SMILES string of the molecule is COCc1cc(OCCCCCCc2cccc(OCCCC(=O)O)c2CCC(=O)O)cc(-c2ccc(O)c(O)c2)c1. The molecule has 226 valence electrons. The van der Waals surface area contributed by atoms with Crippen LogP contribution in [-0.2, 0) is 33.8 Å². The Morgan fingerprint density at radius 3 is 2.21 bits per heavy atom. The van der Waals surface area contributed by atoms with Crippen LogP contribution in [0.3, 0.4) is 0 Å². The second-order valence-corrected chi connectivity index (χ2v) is 10.1. The van der Waals surface area contributed by atoms with Crippen molar-refractivity contribution in [3.05, 3.63) is 71.3 Å². The molecule has 0 aliphatic carbocycles. The molecule has 0 spiro atoms. The molecule has 0 radical (unpaired) electrons. The maximum absolute atomic E-state index is 11.2. The monoisotopic (exact) mass is 580 g/mol. The number of aryl methyl sites for hydroxylation is 1. The lowest BCUT2D eigenvalue weighted by atomic mass is 9.97. The second-order valence-electron chi connectivity index (χ2n) is 10.1. The number of phenolic OH excluding ortho intramolecular Hbond substituents is 2. The van der Waals surface area contributed by atoms with Crippen molar-refractivity contribution in [3.8, 4) is 34.1 Å². The molecule has 0 saturated heterocycles. The molecule has 0 aliphatic rings. The molecule has 0 heterocycles. The number of hydrogen-bond acceptors (Lipinski definition) is 7. The lowest BCUT2D eigenvalue weighted by Gasteiger charge is -2.15. The van der Waals surface area contributed by atoms with Crippen molar-refractivity contribution in [2.45, 2.75) is 64.4 Å². The third-order valence-corrected chi connectivity index (χ3v) is 6.81. The van der Waals surface area contributed by atoms with E-state index in [4.69, 9.17) is 19.3 Å². The van der Waals surface area contributed by atoms with Gasteiger partial charge in [-0.1, -0.05) is 31.0 Å². The first-order chi connectivity index (χ1) is 20.3. The summed E-state index contributed by atoms with van der Waals surface area (Å²) in [5.41, 5.74) is 4.48. The minimum Gasteiger partial charge on any atom is -0.504 e. The molecule has 0 fully saturated rings. The van der Waals surface area contributed by atoms with E-state index in [9.17, 15) is 24.9 Å². The van der Waals surface area contributed by atoms with E-state index < -0.39 is 11.9 Å². The van der Waals surface area contributed by atoms with Crippen LogP contribution in [0.1, 0.15) is 61.6 Å². The molecule has 3 aromatic rings. The Kier molecular flexibility index (Phi) is 13.0. The fraction of sp³-hybridized carbons (Fsp3) is 0.394. The largest absolute Gasteiger partial charge is 0.504 e. The lowest BCUT2D eigenvalue weighted by Crippen LogP contribution is -2.07. The highest BCUT2D eigenvalue weighted by molar-refractivity contribution is 5.69. The third kappa shape index (κ3) is 10.6. The van der Waals surface area contributed by atoms with Gasteiger partial charge < -0.3 is 34.6 Å². The van der Waals surface area contributed by atoms with Gasteiger partial charge in [-0.15, -0.1) is 0 Å². The van der Waals surface area contributed by atoms with Gasteiger partial charge in [0.2, 0.25) is 0 Å². The van der Waals surface area contributed by atoms with Gasteiger partial charge in [-0.2, -0.15) is 0 Å². The van der Waals surface area contributed by atoms with Crippen LogP contribution in [0.2, 0.25) is 0 Å². The van der Waals surface area contributed by atoms with Gasteiger partial charge in [0.15, 0.2) is 11.5 Å². The summed E-state index contributed by atoms with van der Waals surface area (Å²) < 4.78 is 17.2. The highest BCUT2D eigenvalue weighted by Crippen LogP contribution is 2.33. The van der Waals surface area contributed by atoms with Crippen molar-refractivity contribution >= 4 is 11.9 Å². The van der Waals surface area contributed by atoms with Gasteiger partial charge in [0.05, 0.1) is 19.8 Å². The predicted octanol–water partition coefficient (Wildman–Crippen LogP) is 6.35. The van der Waals surface area contributed by atoms with E-state index in [1.807, 2.05) is 36.4 Å². The van der Waals surface area contributed by atoms with Crippen molar-refractivity contribution in [2.75, 3.05) is 20.3 Å². The molecule has 0 aliphatic heterocycles. The zero-order valence-electron chi connectivity index (χ0n) is 24.0.